The molecule has 1 amide bonds. The normalized spacial score (nSPS) is 10.3. The van der Waals surface area contributed by atoms with Gasteiger partial charge in [-0.3, -0.25) is 0 Å². The number of benzene rings is 1. The van der Waals surface area contributed by atoms with E-state index in [1.54, 1.807) is 20.8 Å². The highest BCUT2D eigenvalue weighted by atomic mass is 19.1. The second-order valence-electron chi connectivity index (χ2n) is 5.67. The molecule has 0 unspecified atom stereocenters. The van der Waals surface area contributed by atoms with Crippen molar-refractivity contribution in [1.29, 1.82) is 0 Å². The lowest BCUT2D eigenvalue weighted by Crippen LogP contribution is -2.32. The Morgan fingerprint density at radius 2 is 2.00 bits per heavy atom. The fraction of sp³-hybridized carbons (Fsp3) is 0.412. The van der Waals surface area contributed by atoms with E-state index in [0.29, 0.717) is 13.0 Å². The number of amides is 1. The van der Waals surface area contributed by atoms with Crippen LogP contribution in [-0.2, 0) is 9.47 Å². The van der Waals surface area contributed by atoms with Crippen LogP contribution < -0.4 is 5.32 Å². The maximum atomic E-state index is 13.8. The van der Waals surface area contributed by atoms with Gasteiger partial charge in [0.1, 0.15) is 11.4 Å². The fourth-order valence-corrected chi connectivity index (χ4v) is 1.56. The Morgan fingerprint density at radius 3 is 2.57 bits per heavy atom. The zero-order valence-electron chi connectivity index (χ0n) is 13.7. The first-order valence-electron chi connectivity index (χ1n) is 7.06. The third-order valence-electron chi connectivity index (χ3n) is 2.53. The van der Waals surface area contributed by atoms with Gasteiger partial charge in [0.2, 0.25) is 0 Å². The van der Waals surface area contributed by atoms with Gasteiger partial charge in [0.15, 0.2) is 0 Å². The SMILES string of the molecule is COC(=O)c1ccc(C#CCCNC(=O)OC(C)(C)C)c(F)c1. The van der Waals surface area contributed by atoms with Crippen LogP contribution in [0.3, 0.4) is 0 Å². The Morgan fingerprint density at radius 1 is 1.30 bits per heavy atom. The Balaban J connectivity index is 2.51. The molecule has 1 N–H and O–H groups in total. The first kappa shape index (κ1) is 18.5. The lowest BCUT2D eigenvalue weighted by molar-refractivity contribution is 0.0527. The molecule has 0 bridgehead atoms. The summed E-state index contributed by atoms with van der Waals surface area (Å²) >= 11 is 0. The van der Waals surface area contributed by atoms with Gasteiger partial charge in [0.05, 0.1) is 18.2 Å². The summed E-state index contributed by atoms with van der Waals surface area (Å²) in [5, 5.41) is 2.55. The van der Waals surface area contributed by atoms with Gasteiger partial charge in [0.25, 0.3) is 0 Å². The molecule has 0 heterocycles. The number of hydrogen-bond donors (Lipinski definition) is 1. The van der Waals surface area contributed by atoms with Crippen molar-refractivity contribution < 1.29 is 23.5 Å². The summed E-state index contributed by atoms with van der Waals surface area (Å²) in [6, 6.07) is 3.93. The van der Waals surface area contributed by atoms with E-state index in [0.717, 1.165) is 6.07 Å². The van der Waals surface area contributed by atoms with E-state index >= 15 is 0 Å². The molecule has 0 saturated carbocycles. The standard InChI is InChI=1S/C17H20FNO4/c1-17(2,3)23-16(21)19-10-6-5-7-12-8-9-13(11-14(12)18)15(20)22-4/h8-9,11H,6,10H2,1-4H3,(H,19,21). The van der Waals surface area contributed by atoms with E-state index in [1.165, 1.54) is 19.2 Å². The molecule has 0 atom stereocenters. The van der Waals surface area contributed by atoms with E-state index in [1.807, 2.05) is 0 Å². The number of methoxy groups -OCH3 is 1. The number of carbonyl (C=O) groups excluding carboxylic acids is 2. The third-order valence-corrected chi connectivity index (χ3v) is 2.53. The van der Waals surface area contributed by atoms with Crippen molar-refractivity contribution in [1.82, 2.24) is 5.32 Å². The van der Waals surface area contributed by atoms with Crippen molar-refractivity contribution in [3.63, 3.8) is 0 Å². The lowest BCUT2D eigenvalue weighted by atomic mass is 10.1. The van der Waals surface area contributed by atoms with Crippen LogP contribution in [0.25, 0.3) is 0 Å². The highest BCUT2D eigenvalue weighted by Crippen LogP contribution is 2.10. The first-order valence-corrected chi connectivity index (χ1v) is 7.06. The lowest BCUT2D eigenvalue weighted by Gasteiger charge is -2.19. The minimum atomic E-state index is -0.607. The number of nitrogens with one attached hydrogen (secondary N) is 1. The van der Waals surface area contributed by atoms with Gasteiger partial charge in [-0.15, -0.1) is 0 Å². The summed E-state index contributed by atoms with van der Waals surface area (Å²) in [5.41, 5.74) is -0.252. The van der Waals surface area contributed by atoms with Crippen LogP contribution in [0.2, 0.25) is 0 Å². The minimum Gasteiger partial charge on any atom is -0.465 e. The number of esters is 1. The molecule has 6 heteroatoms. The molecule has 0 radical (unpaired) electrons. The highest BCUT2D eigenvalue weighted by Gasteiger charge is 2.15. The predicted molar refractivity (Wildman–Crippen MR) is 83.5 cm³/mol. The van der Waals surface area contributed by atoms with Crippen LogP contribution in [0.5, 0.6) is 0 Å². The Hall–Kier alpha value is -2.55. The second kappa shape index (κ2) is 8.18. The number of rotatable bonds is 3. The highest BCUT2D eigenvalue weighted by molar-refractivity contribution is 5.89. The van der Waals surface area contributed by atoms with Crippen molar-refractivity contribution in [2.24, 2.45) is 0 Å². The topological polar surface area (TPSA) is 64.6 Å². The van der Waals surface area contributed by atoms with Crippen LogP contribution in [0.4, 0.5) is 9.18 Å². The van der Waals surface area contributed by atoms with E-state index in [4.69, 9.17) is 4.74 Å². The van der Waals surface area contributed by atoms with Crippen molar-refractivity contribution in [3.8, 4) is 11.8 Å². The smallest absolute Gasteiger partial charge is 0.407 e. The number of ether oxygens (including phenoxy) is 2. The van der Waals surface area contributed by atoms with Crippen LogP contribution in [-0.4, -0.2) is 31.3 Å². The third kappa shape index (κ3) is 6.83. The molecular weight excluding hydrogens is 301 g/mol. The van der Waals surface area contributed by atoms with Gasteiger partial charge in [-0.2, -0.15) is 0 Å². The van der Waals surface area contributed by atoms with E-state index in [9.17, 15) is 14.0 Å². The fourth-order valence-electron chi connectivity index (χ4n) is 1.56. The number of alkyl carbamates (subject to hydrolysis) is 1. The van der Waals surface area contributed by atoms with Crippen LogP contribution >= 0.6 is 0 Å². The van der Waals surface area contributed by atoms with Gasteiger partial charge in [-0.05, 0) is 39.0 Å². The molecule has 0 aliphatic rings. The van der Waals surface area contributed by atoms with Crippen LogP contribution in [0, 0.1) is 17.7 Å². The zero-order chi connectivity index (χ0) is 17.5. The Labute approximate surface area is 135 Å². The molecule has 0 aliphatic carbocycles. The molecular formula is C17H20FNO4. The Bertz CT molecular complexity index is 638. The molecule has 0 saturated heterocycles. The summed E-state index contributed by atoms with van der Waals surface area (Å²) in [6.07, 6.45) is -0.176. The maximum Gasteiger partial charge on any atom is 0.407 e. The molecule has 1 aromatic rings. The van der Waals surface area contributed by atoms with Crippen molar-refractivity contribution >= 4 is 12.1 Å². The van der Waals surface area contributed by atoms with Gasteiger partial charge in [-0.1, -0.05) is 11.8 Å². The average Bonchev–Trinajstić information content (AvgIpc) is 2.45. The molecule has 1 aromatic carbocycles. The van der Waals surface area contributed by atoms with E-state index in [-0.39, 0.29) is 11.1 Å². The molecule has 5 nitrogen and oxygen atoms in total. The van der Waals surface area contributed by atoms with Crippen LogP contribution in [0.1, 0.15) is 43.1 Å². The van der Waals surface area contributed by atoms with Gasteiger partial charge < -0.3 is 14.8 Å². The molecule has 0 aromatic heterocycles. The number of halogens is 1. The molecule has 124 valence electrons. The van der Waals surface area contributed by atoms with Gasteiger partial charge in [-0.25, -0.2) is 14.0 Å². The quantitative estimate of drug-likeness (QED) is 0.528. The van der Waals surface area contributed by atoms with E-state index < -0.39 is 23.5 Å². The van der Waals surface area contributed by atoms with Gasteiger partial charge in [0, 0.05) is 13.0 Å². The van der Waals surface area contributed by atoms with Crippen LogP contribution in [0.15, 0.2) is 18.2 Å². The van der Waals surface area contributed by atoms with Crippen molar-refractivity contribution in [3.05, 3.63) is 35.1 Å². The molecule has 23 heavy (non-hydrogen) atoms. The number of carbonyl (C=O) groups is 2. The molecule has 0 fully saturated rings. The predicted octanol–water partition coefficient (Wildman–Crippen LogP) is 2.88. The largest absolute Gasteiger partial charge is 0.465 e. The number of hydrogen-bond acceptors (Lipinski definition) is 4. The summed E-state index contributed by atoms with van der Waals surface area (Å²) in [6.45, 7) is 5.61. The summed E-state index contributed by atoms with van der Waals surface area (Å²) in [4.78, 5) is 22.7. The second-order valence-corrected chi connectivity index (χ2v) is 5.67. The summed E-state index contributed by atoms with van der Waals surface area (Å²) < 4.78 is 23.3. The van der Waals surface area contributed by atoms with E-state index in [2.05, 4.69) is 21.9 Å². The monoisotopic (exact) mass is 321 g/mol. The summed E-state index contributed by atoms with van der Waals surface area (Å²) in [5.74, 6) is 4.19. The van der Waals surface area contributed by atoms with Crippen molar-refractivity contribution in [2.75, 3.05) is 13.7 Å². The average molecular weight is 321 g/mol. The zero-order valence-corrected chi connectivity index (χ0v) is 13.7. The Kier molecular flexibility index (Phi) is 6.58. The first-order chi connectivity index (χ1) is 10.7. The minimum absolute atomic E-state index is 0.127. The maximum absolute atomic E-state index is 13.8. The molecule has 0 spiro atoms. The molecule has 1 rings (SSSR count). The van der Waals surface area contributed by atoms with Crippen molar-refractivity contribution in [2.45, 2.75) is 32.8 Å². The van der Waals surface area contributed by atoms with Gasteiger partial charge >= 0.3 is 12.1 Å². The summed E-state index contributed by atoms with van der Waals surface area (Å²) in [7, 11) is 1.23. The molecule has 0 aliphatic heterocycles.